The second kappa shape index (κ2) is 7.46. The van der Waals surface area contributed by atoms with Gasteiger partial charge in [-0.2, -0.15) is 0 Å². The molecule has 0 N–H and O–H groups in total. The standard InChI is InChI=1S/C22H17FN4O2S/c1-13-9-20-25-26-22(27(20)19-10-17(28-2)7-8-18(13)19)30-12-16-11-29-21(24-16)14-3-5-15(23)6-4-14/h3-11H,12H2,1-2H3. The molecule has 0 bridgehead atoms. The van der Waals surface area contributed by atoms with E-state index in [0.29, 0.717) is 11.6 Å². The molecule has 0 amide bonds. The van der Waals surface area contributed by atoms with Crippen molar-refractivity contribution in [3.05, 3.63) is 71.9 Å². The van der Waals surface area contributed by atoms with E-state index in [0.717, 1.165) is 44.3 Å². The van der Waals surface area contributed by atoms with E-state index in [1.54, 1.807) is 25.5 Å². The van der Waals surface area contributed by atoms with Crippen molar-refractivity contribution in [1.29, 1.82) is 0 Å². The first kappa shape index (κ1) is 18.6. The Morgan fingerprint density at radius 1 is 1.10 bits per heavy atom. The van der Waals surface area contributed by atoms with Gasteiger partial charge in [0.2, 0.25) is 5.89 Å². The van der Waals surface area contributed by atoms with E-state index >= 15 is 0 Å². The Labute approximate surface area is 175 Å². The first-order chi connectivity index (χ1) is 14.6. The van der Waals surface area contributed by atoms with Crippen molar-refractivity contribution in [2.45, 2.75) is 17.8 Å². The fourth-order valence-electron chi connectivity index (χ4n) is 3.36. The number of benzene rings is 2. The van der Waals surface area contributed by atoms with Crippen LogP contribution in [0.3, 0.4) is 0 Å². The lowest BCUT2D eigenvalue weighted by atomic mass is 10.1. The minimum absolute atomic E-state index is 0.293. The predicted octanol–water partition coefficient (Wildman–Crippen LogP) is 5.29. The molecule has 0 aliphatic carbocycles. The van der Waals surface area contributed by atoms with Crippen LogP contribution in [0.25, 0.3) is 28.0 Å². The van der Waals surface area contributed by atoms with Crippen LogP contribution >= 0.6 is 11.8 Å². The quantitative estimate of drug-likeness (QED) is 0.360. The predicted molar refractivity (Wildman–Crippen MR) is 113 cm³/mol. The van der Waals surface area contributed by atoms with Crippen LogP contribution in [-0.2, 0) is 5.75 Å². The van der Waals surface area contributed by atoms with Crippen molar-refractivity contribution in [3.63, 3.8) is 0 Å². The first-order valence-electron chi connectivity index (χ1n) is 9.28. The van der Waals surface area contributed by atoms with Gasteiger partial charge in [-0.25, -0.2) is 9.37 Å². The average molecular weight is 420 g/mol. The smallest absolute Gasteiger partial charge is 0.226 e. The van der Waals surface area contributed by atoms with Gasteiger partial charge in [0, 0.05) is 22.8 Å². The molecule has 0 saturated heterocycles. The fraction of sp³-hybridized carbons (Fsp3) is 0.136. The summed E-state index contributed by atoms with van der Waals surface area (Å²) in [7, 11) is 1.65. The van der Waals surface area contributed by atoms with Crippen LogP contribution in [0.2, 0.25) is 0 Å². The highest BCUT2D eigenvalue weighted by molar-refractivity contribution is 7.98. The molecule has 0 aliphatic rings. The van der Waals surface area contributed by atoms with Gasteiger partial charge in [0.05, 0.1) is 18.3 Å². The third-order valence-electron chi connectivity index (χ3n) is 4.87. The molecule has 0 atom stereocenters. The van der Waals surface area contributed by atoms with Crippen molar-refractivity contribution in [2.24, 2.45) is 0 Å². The molecule has 0 aliphatic heterocycles. The molecular formula is C22H17FN4O2S. The number of fused-ring (bicyclic) bond motifs is 3. The fourth-order valence-corrected chi connectivity index (χ4v) is 4.19. The minimum atomic E-state index is -0.293. The number of ether oxygens (including phenoxy) is 1. The van der Waals surface area contributed by atoms with Crippen LogP contribution in [0.15, 0.2) is 64.4 Å². The molecular weight excluding hydrogens is 403 g/mol. The van der Waals surface area contributed by atoms with Crippen molar-refractivity contribution in [1.82, 2.24) is 19.6 Å². The normalized spacial score (nSPS) is 11.4. The maximum absolute atomic E-state index is 13.1. The summed E-state index contributed by atoms with van der Waals surface area (Å²) in [4.78, 5) is 4.51. The Balaban J connectivity index is 1.46. The zero-order chi connectivity index (χ0) is 20.7. The molecule has 8 heteroatoms. The third kappa shape index (κ3) is 3.29. The topological polar surface area (TPSA) is 65.5 Å². The molecule has 5 rings (SSSR count). The number of aryl methyl sites for hydroxylation is 1. The Morgan fingerprint density at radius 2 is 1.93 bits per heavy atom. The van der Waals surface area contributed by atoms with Gasteiger partial charge >= 0.3 is 0 Å². The van der Waals surface area contributed by atoms with Gasteiger partial charge in [0.15, 0.2) is 10.8 Å². The van der Waals surface area contributed by atoms with Crippen LogP contribution < -0.4 is 4.74 Å². The van der Waals surface area contributed by atoms with Crippen LogP contribution in [0.4, 0.5) is 4.39 Å². The number of methoxy groups -OCH3 is 1. The summed E-state index contributed by atoms with van der Waals surface area (Å²) in [5.41, 5.74) is 4.40. The van der Waals surface area contributed by atoms with E-state index in [4.69, 9.17) is 9.15 Å². The lowest BCUT2D eigenvalue weighted by Crippen LogP contribution is -1.95. The van der Waals surface area contributed by atoms with Crippen molar-refractivity contribution < 1.29 is 13.5 Å². The SMILES string of the molecule is COc1ccc2c(C)cc3nnc(SCc4coc(-c5ccc(F)cc5)n4)n3c2c1. The molecule has 3 heterocycles. The van der Waals surface area contributed by atoms with Gasteiger partial charge in [-0.3, -0.25) is 4.40 Å². The summed E-state index contributed by atoms with van der Waals surface area (Å²) < 4.78 is 26.1. The molecule has 0 radical (unpaired) electrons. The van der Waals surface area contributed by atoms with E-state index in [2.05, 4.69) is 22.1 Å². The summed E-state index contributed by atoms with van der Waals surface area (Å²) >= 11 is 1.52. The van der Waals surface area contributed by atoms with Gasteiger partial charge in [-0.05, 0) is 55.0 Å². The highest BCUT2D eigenvalue weighted by atomic mass is 32.2. The molecule has 0 unspecified atom stereocenters. The summed E-state index contributed by atoms with van der Waals surface area (Å²) in [6.45, 7) is 2.06. The van der Waals surface area contributed by atoms with E-state index in [9.17, 15) is 4.39 Å². The van der Waals surface area contributed by atoms with E-state index in [1.165, 1.54) is 23.9 Å². The van der Waals surface area contributed by atoms with Crippen LogP contribution in [0.1, 0.15) is 11.3 Å². The Bertz CT molecular complexity index is 1360. The number of thioether (sulfide) groups is 1. The number of hydrogen-bond acceptors (Lipinski definition) is 6. The van der Waals surface area contributed by atoms with Gasteiger partial charge in [0.25, 0.3) is 0 Å². The monoisotopic (exact) mass is 420 g/mol. The van der Waals surface area contributed by atoms with Gasteiger partial charge in [-0.1, -0.05) is 11.8 Å². The van der Waals surface area contributed by atoms with Crippen LogP contribution in [-0.4, -0.2) is 26.7 Å². The summed E-state index contributed by atoms with van der Waals surface area (Å²) in [6, 6.07) is 14.1. The zero-order valence-corrected chi connectivity index (χ0v) is 17.1. The molecule has 150 valence electrons. The molecule has 30 heavy (non-hydrogen) atoms. The highest BCUT2D eigenvalue weighted by Crippen LogP contribution is 2.30. The number of oxazole rings is 1. The van der Waals surface area contributed by atoms with Crippen molar-refractivity contribution in [3.8, 4) is 17.2 Å². The molecule has 0 fully saturated rings. The number of pyridine rings is 1. The van der Waals surface area contributed by atoms with Crippen molar-refractivity contribution >= 4 is 28.3 Å². The third-order valence-corrected chi connectivity index (χ3v) is 5.83. The zero-order valence-electron chi connectivity index (χ0n) is 16.3. The maximum Gasteiger partial charge on any atom is 0.226 e. The number of aromatic nitrogens is 4. The second-order valence-corrected chi connectivity index (χ2v) is 7.77. The van der Waals surface area contributed by atoms with E-state index in [1.807, 2.05) is 28.7 Å². The number of rotatable bonds is 5. The van der Waals surface area contributed by atoms with Crippen molar-refractivity contribution in [2.75, 3.05) is 7.11 Å². The first-order valence-corrected chi connectivity index (χ1v) is 10.3. The minimum Gasteiger partial charge on any atom is -0.497 e. The van der Waals surface area contributed by atoms with E-state index < -0.39 is 0 Å². The van der Waals surface area contributed by atoms with Crippen LogP contribution in [0, 0.1) is 12.7 Å². The summed E-state index contributed by atoms with van der Waals surface area (Å²) in [5, 5.41) is 10.6. The molecule has 0 saturated carbocycles. The average Bonchev–Trinajstić information content (AvgIpc) is 3.39. The van der Waals surface area contributed by atoms with Gasteiger partial charge in [-0.15, -0.1) is 10.2 Å². The van der Waals surface area contributed by atoms with Gasteiger partial charge < -0.3 is 9.15 Å². The molecule has 6 nitrogen and oxygen atoms in total. The Kier molecular flexibility index (Phi) is 4.63. The number of halogens is 1. The molecule has 2 aromatic carbocycles. The molecule has 3 aromatic heterocycles. The largest absolute Gasteiger partial charge is 0.497 e. The summed E-state index contributed by atoms with van der Waals surface area (Å²) in [5.74, 6) is 1.51. The van der Waals surface area contributed by atoms with Crippen LogP contribution in [0.5, 0.6) is 5.75 Å². The maximum atomic E-state index is 13.1. The lowest BCUT2D eigenvalue weighted by Gasteiger charge is -2.09. The highest BCUT2D eigenvalue weighted by Gasteiger charge is 2.14. The Morgan fingerprint density at radius 3 is 2.73 bits per heavy atom. The summed E-state index contributed by atoms with van der Waals surface area (Å²) in [6.07, 6.45) is 1.61. The second-order valence-electron chi connectivity index (χ2n) is 6.83. The molecule has 5 aromatic rings. The Hall–Kier alpha value is -3.39. The van der Waals surface area contributed by atoms with Gasteiger partial charge in [0.1, 0.15) is 17.8 Å². The number of hydrogen-bond donors (Lipinski definition) is 0. The van der Waals surface area contributed by atoms with E-state index in [-0.39, 0.29) is 5.82 Å². The molecule has 0 spiro atoms. The number of nitrogens with zero attached hydrogens (tertiary/aromatic N) is 4. The lowest BCUT2D eigenvalue weighted by molar-refractivity contribution is 0.415.